The van der Waals surface area contributed by atoms with Crippen LogP contribution in [0.5, 0.6) is 0 Å². The smallest absolute Gasteiger partial charge is 0.224 e. The average Bonchev–Trinajstić information content (AvgIpc) is 3.00. The highest BCUT2D eigenvalue weighted by atomic mass is 35.5. The summed E-state index contributed by atoms with van der Waals surface area (Å²) in [5.41, 5.74) is 14.3. The molecule has 3 aromatic heterocycles. The Balaban J connectivity index is 2.07. The van der Waals surface area contributed by atoms with E-state index in [-0.39, 0.29) is 11.8 Å². The van der Waals surface area contributed by atoms with Crippen molar-refractivity contribution in [2.45, 2.75) is 0 Å². The summed E-state index contributed by atoms with van der Waals surface area (Å²) in [6.45, 7) is 0. The van der Waals surface area contributed by atoms with Crippen LogP contribution in [0.2, 0.25) is 5.02 Å². The van der Waals surface area contributed by atoms with Gasteiger partial charge in [0.15, 0.2) is 22.8 Å². The van der Waals surface area contributed by atoms with Crippen molar-refractivity contribution in [3.8, 4) is 22.8 Å². The lowest BCUT2D eigenvalue weighted by molar-refractivity contribution is 0.917. The molecule has 4 N–H and O–H groups in total. The van der Waals surface area contributed by atoms with Crippen molar-refractivity contribution in [1.29, 1.82) is 0 Å². The Morgan fingerprint density at radius 2 is 1.72 bits per heavy atom. The lowest BCUT2D eigenvalue weighted by atomic mass is 10.1. The van der Waals surface area contributed by atoms with Crippen molar-refractivity contribution in [2.75, 3.05) is 11.5 Å². The zero-order valence-electron chi connectivity index (χ0n) is 13.2. The molecule has 0 radical (unpaired) electrons. The van der Waals surface area contributed by atoms with E-state index in [0.717, 1.165) is 5.56 Å². The molecular weight excluding hydrogens is 340 g/mol. The third-order valence-electron chi connectivity index (χ3n) is 3.73. The molecule has 0 aliphatic carbocycles. The average molecular weight is 353 g/mol. The highest BCUT2D eigenvalue weighted by Crippen LogP contribution is 2.31. The van der Waals surface area contributed by atoms with Gasteiger partial charge in [0, 0.05) is 30.0 Å². The van der Waals surface area contributed by atoms with Crippen LogP contribution >= 0.6 is 11.6 Å². The zero-order chi connectivity index (χ0) is 17.6. The van der Waals surface area contributed by atoms with Crippen LogP contribution in [0, 0.1) is 0 Å². The van der Waals surface area contributed by atoms with Gasteiger partial charge in [-0.15, -0.1) is 0 Å². The van der Waals surface area contributed by atoms with Gasteiger partial charge in [0.1, 0.15) is 11.4 Å². The number of benzene rings is 1. The molecule has 0 aliphatic heterocycles. The van der Waals surface area contributed by atoms with E-state index in [1.165, 1.54) is 0 Å². The number of hydrogen-bond donors (Lipinski definition) is 2. The van der Waals surface area contributed by atoms with E-state index in [2.05, 4.69) is 24.9 Å². The fraction of sp³-hybridized carbons (Fsp3) is 0.0625. The summed E-state index contributed by atoms with van der Waals surface area (Å²) >= 11 is 6.00. The number of nitrogen functional groups attached to an aromatic ring is 2. The largest absolute Gasteiger partial charge is 0.382 e. The Labute approximate surface area is 147 Å². The molecule has 0 spiro atoms. The predicted octanol–water partition coefficient (Wildman–Crippen LogP) is 2.31. The molecule has 0 atom stereocenters. The number of aryl methyl sites for hydroxylation is 1. The molecule has 8 nitrogen and oxygen atoms in total. The molecule has 0 amide bonds. The van der Waals surface area contributed by atoms with Crippen LogP contribution < -0.4 is 11.5 Å². The van der Waals surface area contributed by atoms with E-state index in [9.17, 15) is 0 Å². The van der Waals surface area contributed by atoms with E-state index >= 15 is 0 Å². The predicted molar refractivity (Wildman–Crippen MR) is 96.6 cm³/mol. The summed E-state index contributed by atoms with van der Waals surface area (Å²) in [6, 6.07) is 7.29. The zero-order valence-corrected chi connectivity index (χ0v) is 13.9. The molecule has 25 heavy (non-hydrogen) atoms. The minimum atomic E-state index is 0.0457. The van der Waals surface area contributed by atoms with Gasteiger partial charge in [-0.3, -0.25) is 0 Å². The summed E-state index contributed by atoms with van der Waals surface area (Å²) in [7, 11) is 1.88. The summed E-state index contributed by atoms with van der Waals surface area (Å²) in [5.74, 6) is 0.871. The SMILES string of the molecule is Cn1ccnc1-c1nc2nc(N)nc(N)c2nc1-c1ccc(Cl)cc1. The van der Waals surface area contributed by atoms with Gasteiger partial charge >= 0.3 is 0 Å². The number of nitrogens with two attached hydrogens (primary N) is 2. The number of fused-ring (bicyclic) bond motifs is 1. The first-order valence-corrected chi connectivity index (χ1v) is 7.75. The first-order chi connectivity index (χ1) is 12.0. The molecule has 3 heterocycles. The second kappa shape index (κ2) is 5.67. The Morgan fingerprint density at radius 3 is 2.40 bits per heavy atom. The third-order valence-corrected chi connectivity index (χ3v) is 3.98. The number of rotatable bonds is 2. The minimum Gasteiger partial charge on any atom is -0.382 e. The van der Waals surface area contributed by atoms with Crippen LogP contribution in [-0.2, 0) is 7.05 Å². The van der Waals surface area contributed by atoms with E-state index < -0.39 is 0 Å². The van der Waals surface area contributed by atoms with E-state index in [4.69, 9.17) is 23.1 Å². The van der Waals surface area contributed by atoms with Crippen LogP contribution in [-0.4, -0.2) is 29.5 Å². The maximum Gasteiger partial charge on any atom is 0.224 e. The van der Waals surface area contributed by atoms with E-state index in [1.807, 2.05) is 29.9 Å². The quantitative estimate of drug-likeness (QED) is 0.567. The topological polar surface area (TPSA) is 121 Å². The first-order valence-electron chi connectivity index (χ1n) is 7.37. The molecule has 124 valence electrons. The van der Waals surface area contributed by atoms with Crippen LogP contribution in [0.1, 0.15) is 0 Å². The lowest BCUT2D eigenvalue weighted by Crippen LogP contribution is -2.06. The van der Waals surface area contributed by atoms with Crippen molar-refractivity contribution in [3.05, 3.63) is 41.7 Å². The lowest BCUT2D eigenvalue weighted by Gasteiger charge is -2.11. The van der Waals surface area contributed by atoms with Gasteiger partial charge in [-0.25, -0.2) is 15.0 Å². The van der Waals surface area contributed by atoms with Crippen molar-refractivity contribution in [1.82, 2.24) is 29.5 Å². The molecule has 0 bridgehead atoms. The van der Waals surface area contributed by atoms with Gasteiger partial charge in [0.2, 0.25) is 5.95 Å². The minimum absolute atomic E-state index is 0.0457. The Hall–Kier alpha value is -3.26. The third kappa shape index (κ3) is 2.62. The van der Waals surface area contributed by atoms with Gasteiger partial charge in [0.25, 0.3) is 0 Å². The molecule has 0 saturated heterocycles. The molecule has 0 fully saturated rings. The maximum atomic E-state index is 6.00. The standard InChI is InChI=1S/C16H13ClN8/c1-25-7-6-20-15(25)11-10(8-2-4-9(17)5-3-8)21-12-13(18)23-16(19)24-14(12)22-11/h2-7H,1H3,(H4,18,19,22,23,24). The van der Waals surface area contributed by atoms with Gasteiger partial charge in [-0.2, -0.15) is 9.97 Å². The van der Waals surface area contributed by atoms with Crippen molar-refractivity contribution < 1.29 is 0 Å². The monoisotopic (exact) mass is 352 g/mol. The van der Waals surface area contributed by atoms with E-state index in [1.54, 1.807) is 18.3 Å². The summed E-state index contributed by atoms with van der Waals surface area (Å²) in [6.07, 6.45) is 3.52. The number of hydrogen-bond acceptors (Lipinski definition) is 7. The Morgan fingerprint density at radius 1 is 0.960 bits per heavy atom. The molecule has 4 rings (SSSR count). The second-order valence-electron chi connectivity index (χ2n) is 5.43. The van der Waals surface area contributed by atoms with Crippen molar-refractivity contribution in [2.24, 2.45) is 7.05 Å². The molecule has 0 saturated carbocycles. The summed E-state index contributed by atoms with van der Waals surface area (Å²) < 4.78 is 1.85. The summed E-state index contributed by atoms with van der Waals surface area (Å²) in [4.78, 5) is 21.7. The highest BCUT2D eigenvalue weighted by Gasteiger charge is 2.18. The molecular formula is C16H13ClN8. The number of halogens is 1. The Kier molecular flexibility index (Phi) is 3.47. The number of imidazole rings is 1. The fourth-order valence-corrected chi connectivity index (χ4v) is 2.67. The number of nitrogens with zero attached hydrogens (tertiary/aromatic N) is 6. The highest BCUT2D eigenvalue weighted by molar-refractivity contribution is 6.30. The normalized spacial score (nSPS) is 11.1. The molecule has 4 aromatic rings. The molecule has 0 unspecified atom stereocenters. The molecule has 9 heteroatoms. The van der Waals surface area contributed by atoms with Crippen LogP contribution in [0.15, 0.2) is 36.7 Å². The molecule has 0 aliphatic rings. The van der Waals surface area contributed by atoms with Gasteiger partial charge in [0.05, 0.1) is 0 Å². The summed E-state index contributed by atoms with van der Waals surface area (Å²) in [5, 5.41) is 0.631. The van der Waals surface area contributed by atoms with Crippen molar-refractivity contribution in [3.63, 3.8) is 0 Å². The van der Waals surface area contributed by atoms with E-state index in [0.29, 0.717) is 33.4 Å². The van der Waals surface area contributed by atoms with Crippen LogP contribution in [0.3, 0.4) is 0 Å². The maximum absolute atomic E-state index is 6.00. The first kappa shape index (κ1) is 15.3. The number of aromatic nitrogens is 6. The van der Waals surface area contributed by atoms with Crippen LogP contribution in [0.25, 0.3) is 33.9 Å². The van der Waals surface area contributed by atoms with Gasteiger partial charge in [-0.1, -0.05) is 23.7 Å². The van der Waals surface area contributed by atoms with Gasteiger partial charge in [-0.05, 0) is 12.1 Å². The fourth-order valence-electron chi connectivity index (χ4n) is 2.54. The Bertz CT molecular complexity index is 1090. The van der Waals surface area contributed by atoms with Crippen LogP contribution in [0.4, 0.5) is 11.8 Å². The molecule has 1 aromatic carbocycles. The number of anilines is 2. The second-order valence-corrected chi connectivity index (χ2v) is 5.87. The van der Waals surface area contributed by atoms with Gasteiger partial charge < -0.3 is 16.0 Å². The van der Waals surface area contributed by atoms with Crippen molar-refractivity contribution >= 4 is 34.5 Å².